The maximum Gasteiger partial charge on any atom is 0.0113 e. The fourth-order valence-electron chi connectivity index (χ4n) is 6.48. The monoisotopic (exact) mass is 361 g/mol. The maximum absolute atomic E-state index is 2.99. The smallest absolute Gasteiger partial charge is 0.0113 e. The molecule has 3 heteroatoms. The Morgan fingerprint density at radius 3 is 2.00 bits per heavy atom. The Labute approximate surface area is 162 Å². The normalized spacial score (nSPS) is 35.5. The van der Waals surface area contributed by atoms with Crippen molar-refractivity contribution in [3.63, 3.8) is 0 Å². The summed E-state index contributed by atoms with van der Waals surface area (Å²) in [5, 5.41) is 0. The first kappa shape index (κ1) is 19.2. The van der Waals surface area contributed by atoms with Gasteiger partial charge in [0, 0.05) is 57.4 Å². The zero-order valence-corrected chi connectivity index (χ0v) is 17.9. The van der Waals surface area contributed by atoms with Crippen LogP contribution in [0.3, 0.4) is 0 Å². The predicted octanol–water partition coefficient (Wildman–Crippen LogP) is 4.08. The van der Waals surface area contributed by atoms with E-state index in [1.165, 1.54) is 84.2 Å². The van der Waals surface area contributed by atoms with Crippen molar-refractivity contribution in [2.75, 3.05) is 39.3 Å². The molecule has 3 heterocycles. The van der Waals surface area contributed by atoms with Gasteiger partial charge in [0.15, 0.2) is 0 Å². The number of piperazine rings is 1. The topological polar surface area (TPSA) is 9.72 Å². The summed E-state index contributed by atoms with van der Waals surface area (Å²) in [6.07, 6.45) is 10.4. The fraction of sp³-hybridized carbons (Fsp3) is 1.00. The van der Waals surface area contributed by atoms with Crippen LogP contribution in [0.15, 0.2) is 0 Å². The summed E-state index contributed by atoms with van der Waals surface area (Å²) >= 11 is 0. The fourth-order valence-corrected chi connectivity index (χ4v) is 6.48. The number of fused-ring (bicyclic) bond motifs is 2. The van der Waals surface area contributed by atoms with Crippen LogP contribution in [0.1, 0.15) is 72.6 Å². The minimum atomic E-state index is 0.717. The molecule has 150 valence electrons. The van der Waals surface area contributed by atoms with Crippen molar-refractivity contribution in [3.8, 4) is 0 Å². The molecule has 0 aromatic carbocycles. The van der Waals surface area contributed by atoms with E-state index in [1.54, 1.807) is 0 Å². The summed E-state index contributed by atoms with van der Waals surface area (Å²) in [6.45, 7) is 17.5. The van der Waals surface area contributed by atoms with Crippen molar-refractivity contribution in [3.05, 3.63) is 0 Å². The third kappa shape index (κ3) is 4.31. The van der Waals surface area contributed by atoms with Crippen molar-refractivity contribution in [1.82, 2.24) is 14.7 Å². The molecule has 2 bridgehead atoms. The van der Waals surface area contributed by atoms with E-state index in [9.17, 15) is 0 Å². The molecule has 0 N–H and O–H groups in total. The van der Waals surface area contributed by atoms with Crippen LogP contribution < -0.4 is 0 Å². The Kier molecular flexibility index (Phi) is 5.70. The van der Waals surface area contributed by atoms with Gasteiger partial charge >= 0.3 is 0 Å². The zero-order chi connectivity index (χ0) is 18.3. The molecular formula is C23H43N3. The minimum Gasteiger partial charge on any atom is -0.301 e. The first-order valence-corrected chi connectivity index (χ1v) is 11.7. The van der Waals surface area contributed by atoms with Crippen LogP contribution in [0.2, 0.25) is 0 Å². The molecule has 0 radical (unpaired) electrons. The van der Waals surface area contributed by atoms with Gasteiger partial charge in [-0.1, -0.05) is 13.8 Å². The van der Waals surface area contributed by atoms with Crippen molar-refractivity contribution >= 4 is 0 Å². The molecule has 0 aromatic heterocycles. The van der Waals surface area contributed by atoms with Gasteiger partial charge in [-0.2, -0.15) is 0 Å². The Bertz CT molecular complexity index is 448. The maximum atomic E-state index is 2.99. The third-order valence-corrected chi connectivity index (χ3v) is 7.95. The summed E-state index contributed by atoms with van der Waals surface area (Å²) in [7, 11) is 0. The minimum absolute atomic E-state index is 0.717. The van der Waals surface area contributed by atoms with Gasteiger partial charge in [-0.15, -0.1) is 0 Å². The largest absolute Gasteiger partial charge is 0.301 e. The highest BCUT2D eigenvalue weighted by Crippen LogP contribution is 2.53. The van der Waals surface area contributed by atoms with E-state index in [4.69, 9.17) is 0 Å². The molecule has 2 atom stereocenters. The van der Waals surface area contributed by atoms with Crippen LogP contribution in [0.4, 0.5) is 0 Å². The molecule has 0 aromatic rings. The second-order valence-electron chi connectivity index (χ2n) is 10.9. The SMILES string of the molecule is CC(C)CC1(CN2C3CCC2CC(CN2CCN(C(C)C)CC2)C3)CC1. The van der Waals surface area contributed by atoms with Gasteiger partial charge in [0.05, 0.1) is 0 Å². The quantitative estimate of drug-likeness (QED) is 0.676. The number of rotatable bonds is 7. The van der Waals surface area contributed by atoms with Gasteiger partial charge in [-0.3, -0.25) is 9.80 Å². The Hall–Kier alpha value is -0.120. The molecule has 2 unspecified atom stereocenters. The van der Waals surface area contributed by atoms with E-state index in [0.717, 1.165) is 35.4 Å². The van der Waals surface area contributed by atoms with Gasteiger partial charge in [0.25, 0.3) is 0 Å². The molecule has 26 heavy (non-hydrogen) atoms. The lowest BCUT2D eigenvalue weighted by Crippen LogP contribution is -2.52. The van der Waals surface area contributed by atoms with E-state index in [2.05, 4.69) is 42.4 Å². The summed E-state index contributed by atoms with van der Waals surface area (Å²) in [5.74, 6) is 1.84. The highest BCUT2D eigenvalue weighted by atomic mass is 15.3. The number of hydrogen-bond donors (Lipinski definition) is 0. The van der Waals surface area contributed by atoms with Crippen LogP contribution in [0, 0.1) is 17.3 Å². The van der Waals surface area contributed by atoms with Gasteiger partial charge in [0.1, 0.15) is 0 Å². The van der Waals surface area contributed by atoms with Crippen LogP contribution in [-0.4, -0.2) is 72.1 Å². The lowest BCUT2D eigenvalue weighted by Gasteiger charge is -2.44. The molecular weight excluding hydrogens is 318 g/mol. The van der Waals surface area contributed by atoms with Crippen molar-refractivity contribution < 1.29 is 0 Å². The highest BCUT2D eigenvalue weighted by Gasteiger charge is 2.49. The lowest BCUT2D eigenvalue weighted by molar-refractivity contribution is 0.0455. The molecule has 1 aliphatic carbocycles. The lowest BCUT2D eigenvalue weighted by atomic mass is 9.87. The molecule has 1 saturated carbocycles. The van der Waals surface area contributed by atoms with Crippen molar-refractivity contribution in [2.45, 2.75) is 90.8 Å². The molecule has 4 aliphatic rings. The van der Waals surface area contributed by atoms with Crippen molar-refractivity contribution in [1.29, 1.82) is 0 Å². The molecule has 3 aliphatic heterocycles. The first-order chi connectivity index (χ1) is 12.4. The standard InChI is InChI=1S/C23H43N3/c1-18(2)15-23(7-8-23)17-26-21-5-6-22(26)14-20(13-21)16-24-9-11-25(12-10-24)19(3)4/h18-22H,5-17H2,1-4H3. The second kappa shape index (κ2) is 7.72. The highest BCUT2D eigenvalue weighted by molar-refractivity contribution is 5.03. The Balaban J connectivity index is 1.26. The van der Waals surface area contributed by atoms with Crippen molar-refractivity contribution in [2.24, 2.45) is 17.3 Å². The molecule has 3 saturated heterocycles. The Morgan fingerprint density at radius 1 is 0.885 bits per heavy atom. The van der Waals surface area contributed by atoms with Gasteiger partial charge in [-0.05, 0) is 76.0 Å². The third-order valence-electron chi connectivity index (χ3n) is 7.95. The summed E-state index contributed by atoms with van der Waals surface area (Å²) in [4.78, 5) is 8.41. The van der Waals surface area contributed by atoms with Gasteiger partial charge < -0.3 is 4.90 Å². The molecule has 3 nitrogen and oxygen atoms in total. The van der Waals surface area contributed by atoms with Crippen LogP contribution in [0.5, 0.6) is 0 Å². The molecule has 0 spiro atoms. The molecule has 4 fully saturated rings. The molecule has 0 amide bonds. The van der Waals surface area contributed by atoms with Gasteiger partial charge in [-0.25, -0.2) is 0 Å². The van der Waals surface area contributed by atoms with Crippen LogP contribution in [0.25, 0.3) is 0 Å². The predicted molar refractivity (Wildman–Crippen MR) is 111 cm³/mol. The molecule has 4 rings (SSSR count). The average Bonchev–Trinajstić information content (AvgIpc) is 3.29. The first-order valence-electron chi connectivity index (χ1n) is 11.7. The number of nitrogens with zero attached hydrogens (tertiary/aromatic N) is 3. The summed E-state index contributed by atoms with van der Waals surface area (Å²) in [6, 6.07) is 2.55. The Morgan fingerprint density at radius 2 is 1.50 bits per heavy atom. The van der Waals surface area contributed by atoms with E-state index in [1.807, 2.05) is 0 Å². The summed E-state index contributed by atoms with van der Waals surface area (Å²) in [5.41, 5.74) is 0.717. The second-order valence-corrected chi connectivity index (χ2v) is 10.9. The zero-order valence-electron chi connectivity index (χ0n) is 17.9. The van der Waals surface area contributed by atoms with Crippen LogP contribution >= 0.6 is 0 Å². The number of piperidine rings is 1. The summed E-state index contributed by atoms with van der Waals surface area (Å²) < 4.78 is 0. The van der Waals surface area contributed by atoms with E-state index in [0.29, 0.717) is 0 Å². The van der Waals surface area contributed by atoms with E-state index >= 15 is 0 Å². The van der Waals surface area contributed by atoms with Gasteiger partial charge in [0.2, 0.25) is 0 Å². The number of hydrogen-bond acceptors (Lipinski definition) is 3. The average molecular weight is 362 g/mol. The van der Waals surface area contributed by atoms with E-state index < -0.39 is 0 Å². The van der Waals surface area contributed by atoms with Crippen LogP contribution in [-0.2, 0) is 0 Å². The van der Waals surface area contributed by atoms with E-state index in [-0.39, 0.29) is 0 Å².